The first-order valence-corrected chi connectivity index (χ1v) is 14.3. The standard InChI is InChI=1S/C19H17N5.C7H8.C4H10.2C2H6/c1-3-17-23-18(19(24-17)15-6-4-5-12(2)22-15)13-7-8-14-16(11-13)21-10-9-20-14;1-7-5-3-2-4-6-7;1-3-4-2;2*1-2/h4-11H,3H2,1-2H3,(H,23,24);2-6H,1H3;3-4H2,1-2H3;2*1-2H3. The molecule has 0 spiro atoms. The van der Waals surface area contributed by atoms with Crippen molar-refractivity contribution < 1.29 is 0 Å². The molecule has 0 bridgehead atoms. The molecule has 39 heavy (non-hydrogen) atoms. The zero-order chi connectivity index (χ0) is 29.0. The lowest BCUT2D eigenvalue weighted by atomic mass is 10.1. The summed E-state index contributed by atoms with van der Waals surface area (Å²) in [4.78, 5) is 21.5. The van der Waals surface area contributed by atoms with E-state index in [0.717, 1.165) is 51.6 Å². The molecule has 5 heteroatoms. The van der Waals surface area contributed by atoms with E-state index in [1.807, 2.05) is 89.2 Å². The van der Waals surface area contributed by atoms with E-state index in [9.17, 15) is 0 Å². The van der Waals surface area contributed by atoms with E-state index in [2.05, 4.69) is 59.8 Å². The van der Waals surface area contributed by atoms with Gasteiger partial charge in [-0.1, -0.05) is 109 Å². The van der Waals surface area contributed by atoms with Gasteiger partial charge in [-0.15, -0.1) is 0 Å². The van der Waals surface area contributed by atoms with Gasteiger partial charge >= 0.3 is 0 Å². The van der Waals surface area contributed by atoms with Crippen molar-refractivity contribution in [3.05, 3.63) is 96.2 Å². The zero-order valence-electron chi connectivity index (χ0n) is 25.4. The van der Waals surface area contributed by atoms with Crippen LogP contribution in [0.1, 0.15) is 78.4 Å². The zero-order valence-corrected chi connectivity index (χ0v) is 25.4. The first-order chi connectivity index (χ1) is 19.0. The number of H-pyrrole nitrogens is 1. The number of aromatic nitrogens is 5. The van der Waals surface area contributed by atoms with Crippen molar-refractivity contribution in [2.75, 3.05) is 0 Å². The maximum atomic E-state index is 4.77. The van der Waals surface area contributed by atoms with E-state index < -0.39 is 0 Å². The van der Waals surface area contributed by atoms with Gasteiger partial charge in [-0.3, -0.25) is 15.0 Å². The molecule has 5 rings (SSSR count). The van der Waals surface area contributed by atoms with Crippen LogP contribution in [0.25, 0.3) is 33.7 Å². The molecule has 0 saturated heterocycles. The number of nitrogens with zero attached hydrogens (tertiary/aromatic N) is 4. The van der Waals surface area contributed by atoms with Gasteiger partial charge < -0.3 is 4.98 Å². The number of hydrogen-bond acceptors (Lipinski definition) is 4. The third-order valence-corrected chi connectivity index (χ3v) is 5.42. The smallest absolute Gasteiger partial charge is 0.107 e. The van der Waals surface area contributed by atoms with Crippen LogP contribution in [-0.2, 0) is 6.42 Å². The van der Waals surface area contributed by atoms with Crippen molar-refractivity contribution in [1.29, 1.82) is 0 Å². The molecular formula is C34H47N5. The Morgan fingerprint density at radius 3 is 1.85 bits per heavy atom. The average molecular weight is 526 g/mol. The predicted octanol–water partition coefficient (Wildman–Crippen LogP) is 9.81. The number of nitrogens with one attached hydrogen (secondary N) is 1. The second-order valence-corrected chi connectivity index (χ2v) is 8.34. The highest BCUT2D eigenvalue weighted by Crippen LogP contribution is 2.30. The molecule has 0 amide bonds. The molecule has 5 nitrogen and oxygen atoms in total. The SMILES string of the molecule is CC.CC.CCCC.CCc1nc(-c2ccc3nccnc3c2)c(-c2cccc(C)n2)[nH]1.Cc1ccccc1. The Labute approximate surface area is 236 Å². The van der Waals surface area contributed by atoms with Gasteiger partial charge in [0.2, 0.25) is 0 Å². The van der Waals surface area contributed by atoms with Gasteiger partial charge in [0.05, 0.1) is 28.1 Å². The van der Waals surface area contributed by atoms with Crippen molar-refractivity contribution in [3.8, 4) is 22.6 Å². The maximum Gasteiger partial charge on any atom is 0.107 e. The molecule has 208 valence electrons. The third kappa shape index (κ3) is 10.8. The molecule has 0 atom stereocenters. The number of unbranched alkanes of at least 4 members (excludes halogenated alkanes) is 1. The first kappa shape index (κ1) is 33.2. The van der Waals surface area contributed by atoms with Crippen molar-refractivity contribution in [2.45, 2.75) is 81.6 Å². The molecule has 2 aromatic carbocycles. The molecule has 3 aromatic heterocycles. The number of rotatable bonds is 4. The molecule has 0 fully saturated rings. The van der Waals surface area contributed by atoms with Gasteiger partial charge in [0.1, 0.15) is 5.82 Å². The summed E-state index contributed by atoms with van der Waals surface area (Å²) in [6, 6.07) is 22.3. The van der Waals surface area contributed by atoms with Crippen LogP contribution in [0.4, 0.5) is 0 Å². The normalized spacial score (nSPS) is 9.46. The fraction of sp³-hybridized carbons (Fsp3) is 0.353. The minimum absolute atomic E-state index is 0.839. The Morgan fingerprint density at radius 2 is 1.31 bits per heavy atom. The van der Waals surface area contributed by atoms with E-state index in [0.29, 0.717) is 0 Å². The molecular weight excluding hydrogens is 478 g/mol. The van der Waals surface area contributed by atoms with Gasteiger partial charge in [0.25, 0.3) is 0 Å². The summed E-state index contributed by atoms with van der Waals surface area (Å²) in [5.41, 5.74) is 7.80. The van der Waals surface area contributed by atoms with Crippen LogP contribution in [-0.4, -0.2) is 24.9 Å². The topological polar surface area (TPSA) is 67.3 Å². The van der Waals surface area contributed by atoms with Crippen LogP contribution in [0, 0.1) is 13.8 Å². The summed E-state index contributed by atoms with van der Waals surface area (Å²) >= 11 is 0. The Balaban J connectivity index is 0.000000421. The van der Waals surface area contributed by atoms with E-state index >= 15 is 0 Å². The summed E-state index contributed by atoms with van der Waals surface area (Å²) in [6.07, 6.45) is 6.89. The summed E-state index contributed by atoms with van der Waals surface area (Å²) in [5.74, 6) is 0.947. The largest absolute Gasteiger partial charge is 0.340 e. The molecule has 0 aliphatic carbocycles. The molecule has 0 aliphatic heterocycles. The summed E-state index contributed by atoms with van der Waals surface area (Å²) < 4.78 is 0. The van der Waals surface area contributed by atoms with Crippen LogP contribution >= 0.6 is 0 Å². The monoisotopic (exact) mass is 525 g/mol. The fourth-order valence-corrected chi connectivity index (χ4v) is 3.31. The maximum absolute atomic E-state index is 4.77. The third-order valence-electron chi connectivity index (χ3n) is 5.42. The number of hydrogen-bond donors (Lipinski definition) is 1. The summed E-state index contributed by atoms with van der Waals surface area (Å²) in [6.45, 7) is 18.5. The van der Waals surface area contributed by atoms with Gasteiger partial charge in [-0.05, 0) is 38.1 Å². The number of fused-ring (bicyclic) bond motifs is 1. The van der Waals surface area contributed by atoms with Crippen LogP contribution < -0.4 is 0 Å². The van der Waals surface area contributed by atoms with Crippen molar-refractivity contribution in [1.82, 2.24) is 24.9 Å². The highest BCUT2D eigenvalue weighted by atomic mass is 15.0. The molecule has 0 unspecified atom stereocenters. The van der Waals surface area contributed by atoms with Gasteiger partial charge in [-0.2, -0.15) is 0 Å². The minimum atomic E-state index is 0.839. The van der Waals surface area contributed by atoms with Crippen LogP contribution in [0.5, 0.6) is 0 Å². The molecule has 0 radical (unpaired) electrons. The second-order valence-electron chi connectivity index (χ2n) is 8.34. The molecule has 5 aromatic rings. The Hall–Kier alpha value is -3.86. The lowest BCUT2D eigenvalue weighted by molar-refractivity contribution is 0.886. The van der Waals surface area contributed by atoms with Crippen molar-refractivity contribution in [2.24, 2.45) is 0 Å². The molecule has 0 saturated carbocycles. The Kier molecular flexibility index (Phi) is 16.4. The van der Waals surface area contributed by atoms with E-state index in [4.69, 9.17) is 4.98 Å². The minimum Gasteiger partial charge on any atom is -0.340 e. The predicted molar refractivity (Wildman–Crippen MR) is 169 cm³/mol. The highest BCUT2D eigenvalue weighted by molar-refractivity contribution is 5.84. The number of pyridine rings is 1. The van der Waals surface area contributed by atoms with Gasteiger partial charge in [0, 0.05) is 30.1 Å². The van der Waals surface area contributed by atoms with E-state index in [-0.39, 0.29) is 0 Å². The van der Waals surface area contributed by atoms with E-state index in [1.54, 1.807) is 12.4 Å². The van der Waals surface area contributed by atoms with Crippen LogP contribution in [0.15, 0.2) is 79.1 Å². The van der Waals surface area contributed by atoms with Gasteiger partial charge in [0.15, 0.2) is 0 Å². The van der Waals surface area contributed by atoms with Crippen molar-refractivity contribution >= 4 is 11.0 Å². The summed E-state index contributed by atoms with van der Waals surface area (Å²) in [7, 11) is 0. The average Bonchev–Trinajstić information content (AvgIpc) is 3.45. The first-order valence-electron chi connectivity index (χ1n) is 14.3. The fourth-order valence-electron chi connectivity index (χ4n) is 3.31. The Morgan fingerprint density at radius 1 is 0.667 bits per heavy atom. The molecule has 3 heterocycles. The number of aryl methyl sites for hydroxylation is 3. The van der Waals surface area contributed by atoms with Crippen molar-refractivity contribution in [3.63, 3.8) is 0 Å². The Bertz CT molecular complexity index is 1320. The summed E-state index contributed by atoms with van der Waals surface area (Å²) in [5, 5.41) is 0. The lowest BCUT2D eigenvalue weighted by Crippen LogP contribution is -1.90. The quantitative estimate of drug-likeness (QED) is 0.253. The van der Waals surface area contributed by atoms with Gasteiger partial charge in [-0.25, -0.2) is 4.98 Å². The number of aromatic amines is 1. The highest BCUT2D eigenvalue weighted by Gasteiger charge is 2.15. The van der Waals surface area contributed by atoms with E-state index in [1.165, 1.54) is 18.4 Å². The van der Waals surface area contributed by atoms with Crippen LogP contribution in [0.3, 0.4) is 0 Å². The van der Waals surface area contributed by atoms with Crippen LogP contribution in [0.2, 0.25) is 0 Å². The molecule has 0 aliphatic rings. The lowest BCUT2D eigenvalue weighted by Gasteiger charge is -2.04. The number of benzene rings is 2. The second kappa shape index (κ2) is 19.2. The number of imidazole rings is 1. The molecule has 1 N–H and O–H groups in total.